The van der Waals surface area contributed by atoms with E-state index >= 15 is 0 Å². The zero-order valence-electron chi connectivity index (χ0n) is 9.30. The van der Waals surface area contributed by atoms with Crippen LogP contribution in [0.15, 0.2) is 18.2 Å². The van der Waals surface area contributed by atoms with Crippen molar-refractivity contribution in [1.82, 2.24) is 0 Å². The molecule has 2 atom stereocenters. The van der Waals surface area contributed by atoms with Crippen LogP contribution in [-0.2, 0) is 9.59 Å². The first-order valence-corrected chi connectivity index (χ1v) is 5.52. The van der Waals surface area contributed by atoms with E-state index in [-0.39, 0.29) is 23.7 Å². The van der Waals surface area contributed by atoms with Crippen molar-refractivity contribution in [3.8, 4) is 6.07 Å². The van der Waals surface area contributed by atoms with E-state index in [2.05, 4.69) is 6.07 Å². The SMILES string of the molecule is Cc1cccc(N2C(=O)C3CC3C2=O)c1C#N. The minimum Gasteiger partial charge on any atom is -0.274 e. The number of piperidine rings is 1. The Morgan fingerprint density at radius 3 is 2.53 bits per heavy atom. The third kappa shape index (κ3) is 1.22. The largest absolute Gasteiger partial charge is 0.274 e. The molecule has 1 saturated carbocycles. The smallest absolute Gasteiger partial charge is 0.237 e. The number of nitrogens with zero attached hydrogens (tertiary/aromatic N) is 2. The van der Waals surface area contributed by atoms with Gasteiger partial charge in [0.1, 0.15) is 6.07 Å². The van der Waals surface area contributed by atoms with Crippen molar-refractivity contribution in [2.24, 2.45) is 11.8 Å². The molecular formula is C13H10N2O2. The van der Waals surface area contributed by atoms with Crippen LogP contribution >= 0.6 is 0 Å². The Morgan fingerprint density at radius 1 is 1.29 bits per heavy atom. The van der Waals surface area contributed by atoms with Gasteiger partial charge >= 0.3 is 0 Å². The van der Waals surface area contributed by atoms with Crippen LogP contribution in [0, 0.1) is 30.1 Å². The molecule has 0 N–H and O–H groups in total. The molecule has 2 aliphatic rings. The van der Waals surface area contributed by atoms with Crippen LogP contribution in [0.25, 0.3) is 0 Å². The van der Waals surface area contributed by atoms with Gasteiger partial charge in [-0.15, -0.1) is 0 Å². The lowest BCUT2D eigenvalue weighted by atomic mass is 10.1. The summed E-state index contributed by atoms with van der Waals surface area (Å²) in [6.07, 6.45) is 0.682. The monoisotopic (exact) mass is 226 g/mol. The molecule has 4 nitrogen and oxygen atoms in total. The Hall–Kier alpha value is -2.15. The first-order valence-electron chi connectivity index (χ1n) is 5.52. The Balaban J connectivity index is 2.12. The quantitative estimate of drug-likeness (QED) is 0.679. The number of amides is 2. The van der Waals surface area contributed by atoms with Crippen LogP contribution in [0.4, 0.5) is 5.69 Å². The lowest BCUT2D eigenvalue weighted by Gasteiger charge is -2.18. The Bertz CT molecular complexity index is 566. The molecule has 84 valence electrons. The molecule has 2 amide bonds. The zero-order chi connectivity index (χ0) is 12.2. The van der Waals surface area contributed by atoms with E-state index in [4.69, 9.17) is 5.26 Å². The second-order valence-electron chi connectivity index (χ2n) is 4.54. The fourth-order valence-corrected chi connectivity index (χ4v) is 2.40. The van der Waals surface area contributed by atoms with Crippen molar-refractivity contribution in [2.75, 3.05) is 4.90 Å². The molecule has 17 heavy (non-hydrogen) atoms. The van der Waals surface area contributed by atoms with E-state index in [0.29, 0.717) is 17.7 Å². The number of benzene rings is 1. The molecule has 0 aromatic heterocycles. The molecule has 1 heterocycles. The highest BCUT2D eigenvalue weighted by Gasteiger charge is 2.59. The zero-order valence-corrected chi connectivity index (χ0v) is 9.30. The fraction of sp³-hybridized carbons (Fsp3) is 0.308. The number of hydrogen-bond donors (Lipinski definition) is 0. The highest BCUT2D eigenvalue weighted by Crippen LogP contribution is 2.48. The molecule has 1 saturated heterocycles. The number of anilines is 1. The maximum absolute atomic E-state index is 11.9. The molecule has 0 spiro atoms. The molecular weight excluding hydrogens is 216 g/mol. The molecule has 0 radical (unpaired) electrons. The molecule has 1 aliphatic heterocycles. The van der Waals surface area contributed by atoms with E-state index in [1.54, 1.807) is 25.1 Å². The molecule has 0 bridgehead atoms. The molecule has 3 rings (SSSR count). The van der Waals surface area contributed by atoms with Crippen LogP contribution in [-0.4, -0.2) is 11.8 Å². The Morgan fingerprint density at radius 2 is 1.94 bits per heavy atom. The number of rotatable bonds is 1. The number of carbonyl (C=O) groups excluding carboxylic acids is 2. The normalized spacial score (nSPS) is 25.8. The molecule has 1 aromatic rings. The predicted molar refractivity (Wildman–Crippen MR) is 60.0 cm³/mol. The lowest BCUT2D eigenvalue weighted by molar-refractivity contribution is -0.123. The van der Waals surface area contributed by atoms with Crippen LogP contribution < -0.4 is 4.90 Å². The van der Waals surface area contributed by atoms with E-state index < -0.39 is 0 Å². The van der Waals surface area contributed by atoms with Crippen molar-refractivity contribution in [2.45, 2.75) is 13.3 Å². The summed E-state index contributed by atoms with van der Waals surface area (Å²) >= 11 is 0. The summed E-state index contributed by atoms with van der Waals surface area (Å²) in [5, 5.41) is 9.11. The van der Waals surface area contributed by atoms with Gasteiger partial charge in [-0.05, 0) is 25.0 Å². The number of hydrogen-bond acceptors (Lipinski definition) is 3. The number of imide groups is 1. The van der Waals surface area contributed by atoms with Crippen molar-refractivity contribution < 1.29 is 9.59 Å². The Labute approximate surface area is 98.4 Å². The van der Waals surface area contributed by atoms with Gasteiger partial charge in [-0.3, -0.25) is 9.59 Å². The van der Waals surface area contributed by atoms with Gasteiger partial charge in [0.2, 0.25) is 11.8 Å². The number of nitriles is 1. The summed E-state index contributed by atoms with van der Waals surface area (Å²) in [7, 11) is 0. The molecule has 1 aliphatic carbocycles. The first kappa shape index (κ1) is 10.0. The van der Waals surface area contributed by atoms with Crippen LogP contribution in [0.1, 0.15) is 17.5 Å². The van der Waals surface area contributed by atoms with E-state index in [9.17, 15) is 9.59 Å². The van der Waals surface area contributed by atoms with Gasteiger partial charge in [0.05, 0.1) is 23.1 Å². The number of carbonyl (C=O) groups is 2. The topological polar surface area (TPSA) is 61.2 Å². The summed E-state index contributed by atoms with van der Waals surface area (Å²) < 4.78 is 0. The van der Waals surface area contributed by atoms with E-state index in [1.807, 2.05) is 0 Å². The van der Waals surface area contributed by atoms with Gasteiger partial charge in [0.15, 0.2) is 0 Å². The number of fused-ring (bicyclic) bond motifs is 1. The average Bonchev–Trinajstić information content (AvgIpc) is 3.04. The summed E-state index contributed by atoms with van der Waals surface area (Å²) in [5.41, 5.74) is 1.64. The van der Waals surface area contributed by atoms with Gasteiger partial charge in [-0.25, -0.2) is 4.90 Å². The molecule has 4 heteroatoms. The summed E-state index contributed by atoms with van der Waals surface area (Å²) in [5.74, 6) is -0.562. The fourth-order valence-electron chi connectivity index (χ4n) is 2.40. The third-order valence-corrected chi connectivity index (χ3v) is 3.47. The summed E-state index contributed by atoms with van der Waals surface area (Å²) in [4.78, 5) is 25.1. The molecule has 2 unspecified atom stereocenters. The highest BCUT2D eigenvalue weighted by molar-refractivity contribution is 6.25. The minimum atomic E-state index is -0.151. The van der Waals surface area contributed by atoms with Crippen molar-refractivity contribution >= 4 is 17.5 Å². The van der Waals surface area contributed by atoms with Crippen molar-refractivity contribution in [3.05, 3.63) is 29.3 Å². The maximum atomic E-state index is 11.9. The van der Waals surface area contributed by atoms with Crippen molar-refractivity contribution in [1.29, 1.82) is 5.26 Å². The Kier molecular flexibility index (Phi) is 1.87. The first-order chi connectivity index (χ1) is 8.15. The van der Waals surface area contributed by atoms with Gasteiger partial charge < -0.3 is 0 Å². The highest BCUT2D eigenvalue weighted by atomic mass is 16.2. The standard InChI is InChI=1S/C13H10N2O2/c1-7-3-2-4-11(10(7)6-14)15-12(16)8-5-9(8)13(15)17/h2-4,8-9H,5H2,1H3. The van der Waals surface area contributed by atoms with E-state index in [1.165, 1.54) is 4.90 Å². The van der Waals surface area contributed by atoms with Gasteiger partial charge in [-0.2, -0.15) is 5.26 Å². The van der Waals surface area contributed by atoms with Crippen LogP contribution in [0.3, 0.4) is 0 Å². The summed E-state index contributed by atoms with van der Waals surface area (Å²) in [6.45, 7) is 1.80. The predicted octanol–water partition coefficient (Wildman–Crippen LogP) is 1.38. The van der Waals surface area contributed by atoms with E-state index in [0.717, 1.165) is 5.56 Å². The average molecular weight is 226 g/mol. The summed E-state index contributed by atoms with van der Waals surface area (Å²) in [6, 6.07) is 7.28. The lowest BCUT2D eigenvalue weighted by Crippen LogP contribution is -2.33. The number of aryl methyl sites for hydroxylation is 1. The van der Waals surface area contributed by atoms with Gasteiger partial charge in [0.25, 0.3) is 0 Å². The third-order valence-electron chi connectivity index (χ3n) is 3.47. The maximum Gasteiger partial charge on any atom is 0.237 e. The second-order valence-corrected chi connectivity index (χ2v) is 4.54. The molecule has 2 fully saturated rings. The van der Waals surface area contributed by atoms with Crippen molar-refractivity contribution in [3.63, 3.8) is 0 Å². The van der Waals surface area contributed by atoms with Gasteiger partial charge in [-0.1, -0.05) is 12.1 Å². The minimum absolute atomic E-state index is 0.130. The molecule has 1 aromatic carbocycles. The van der Waals surface area contributed by atoms with Gasteiger partial charge in [0, 0.05) is 0 Å². The van der Waals surface area contributed by atoms with Crippen LogP contribution in [0.2, 0.25) is 0 Å². The second kappa shape index (κ2) is 3.17. The van der Waals surface area contributed by atoms with Crippen LogP contribution in [0.5, 0.6) is 0 Å².